The average Bonchev–Trinajstić information content (AvgIpc) is 3.21. The van der Waals surface area contributed by atoms with E-state index in [-0.39, 0.29) is 30.2 Å². The predicted molar refractivity (Wildman–Crippen MR) is 131 cm³/mol. The summed E-state index contributed by atoms with van der Waals surface area (Å²) in [5.74, 6) is -1.15. The molecule has 0 saturated carbocycles. The van der Waals surface area contributed by atoms with Gasteiger partial charge >= 0.3 is 5.63 Å². The molecule has 0 aliphatic carbocycles. The minimum absolute atomic E-state index is 0.0671. The molecule has 174 valence electrons. The molecule has 7 nitrogen and oxygen atoms in total. The number of rotatable bonds is 6. The summed E-state index contributed by atoms with van der Waals surface area (Å²) >= 11 is 1.17. The lowest BCUT2D eigenvalue weighted by Crippen LogP contribution is -2.16. The number of halogens is 1. The fraction of sp³-hybridized carbons (Fsp3) is 0.200. The van der Waals surface area contributed by atoms with Gasteiger partial charge in [0.05, 0.1) is 5.69 Å². The van der Waals surface area contributed by atoms with Crippen molar-refractivity contribution in [1.82, 2.24) is 4.98 Å². The fourth-order valence-corrected chi connectivity index (χ4v) is 4.40. The van der Waals surface area contributed by atoms with Crippen LogP contribution in [-0.4, -0.2) is 16.8 Å². The van der Waals surface area contributed by atoms with E-state index in [1.54, 1.807) is 11.4 Å². The number of hydrogen-bond acceptors (Lipinski definition) is 6. The molecule has 4 aromatic rings. The second-order valence-corrected chi connectivity index (χ2v) is 8.81. The number of nitrogens with one attached hydrogen (secondary N) is 2. The monoisotopic (exact) mass is 479 g/mol. The molecule has 0 fully saturated rings. The predicted octanol–water partition coefficient (Wildman–Crippen LogP) is 5.20. The van der Waals surface area contributed by atoms with Gasteiger partial charge in [-0.15, -0.1) is 11.3 Å². The van der Waals surface area contributed by atoms with Crippen molar-refractivity contribution in [3.8, 4) is 11.3 Å². The van der Waals surface area contributed by atoms with E-state index in [1.165, 1.54) is 30.4 Å². The van der Waals surface area contributed by atoms with E-state index in [9.17, 15) is 18.8 Å². The van der Waals surface area contributed by atoms with Gasteiger partial charge in [0.25, 0.3) is 0 Å². The van der Waals surface area contributed by atoms with Gasteiger partial charge in [0.2, 0.25) is 11.8 Å². The number of carbonyl (C=O) groups is 2. The molecule has 2 N–H and O–H groups in total. The summed E-state index contributed by atoms with van der Waals surface area (Å²) in [5.41, 5.74) is 3.32. The number of aromatic nitrogens is 1. The Morgan fingerprint density at radius 2 is 1.91 bits per heavy atom. The minimum atomic E-state index is -0.539. The summed E-state index contributed by atoms with van der Waals surface area (Å²) < 4.78 is 19.9. The van der Waals surface area contributed by atoms with E-state index in [1.807, 2.05) is 32.0 Å². The summed E-state index contributed by atoms with van der Waals surface area (Å²) in [6.07, 6.45) is 0.291. The molecule has 34 heavy (non-hydrogen) atoms. The topological polar surface area (TPSA) is 101 Å². The first-order valence-corrected chi connectivity index (χ1v) is 11.4. The number of anilines is 2. The SMILES string of the molecule is CC(=O)Nc1ccc(-c2csc(NC(=O)CCc3c(C)c4ccc(C)cc4oc3=O)n2)c(F)c1. The number of benzene rings is 2. The quantitative estimate of drug-likeness (QED) is 0.370. The number of fused-ring (bicyclic) bond motifs is 1. The molecule has 0 aliphatic heterocycles. The minimum Gasteiger partial charge on any atom is -0.423 e. The Labute approximate surface area is 198 Å². The van der Waals surface area contributed by atoms with Gasteiger partial charge < -0.3 is 15.1 Å². The third kappa shape index (κ3) is 5.04. The van der Waals surface area contributed by atoms with E-state index >= 15 is 0 Å². The number of hydrogen-bond donors (Lipinski definition) is 2. The Balaban J connectivity index is 1.44. The van der Waals surface area contributed by atoms with Crippen LogP contribution in [0, 0.1) is 19.7 Å². The van der Waals surface area contributed by atoms with Crippen LogP contribution in [-0.2, 0) is 16.0 Å². The number of carbonyl (C=O) groups excluding carboxylic acids is 2. The molecular weight excluding hydrogens is 457 g/mol. The number of thiazole rings is 1. The van der Waals surface area contributed by atoms with Gasteiger partial charge in [-0.25, -0.2) is 14.2 Å². The molecule has 0 saturated heterocycles. The van der Waals surface area contributed by atoms with Crippen LogP contribution >= 0.6 is 11.3 Å². The summed E-state index contributed by atoms with van der Waals surface area (Å²) in [6, 6.07) is 9.98. The van der Waals surface area contributed by atoms with E-state index in [4.69, 9.17) is 4.42 Å². The summed E-state index contributed by atoms with van der Waals surface area (Å²) in [5, 5.41) is 8.02. The first kappa shape index (κ1) is 23.3. The zero-order valence-electron chi connectivity index (χ0n) is 18.8. The van der Waals surface area contributed by atoms with Gasteiger partial charge in [0, 0.05) is 40.9 Å². The second-order valence-electron chi connectivity index (χ2n) is 7.95. The van der Waals surface area contributed by atoms with E-state index in [0.29, 0.717) is 27.7 Å². The lowest BCUT2D eigenvalue weighted by atomic mass is 10.0. The highest BCUT2D eigenvalue weighted by Crippen LogP contribution is 2.29. The van der Waals surface area contributed by atoms with Gasteiger partial charge in [-0.2, -0.15) is 0 Å². The Morgan fingerprint density at radius 3 is 2.65 bits per heavy atom. The molecular formula is C25H22FN3O4S. The van der Waals surface area contributed by atoms with E-state index in [0.717, 1.165) is 16.5 Å². The van der Waals surface area contributed by atoms with Crippen molar-refractivity contribution in [3.05, 3.63) is 74.7 Å². The third-order valence-corrected chi connectivity index (χ3v) is 6.12. The van der Waals surface area contributed by atoms with Crippen molar-refractivity contribution < 1.29 is 18.4 Å². The molecule has 0 radical (unpaired) electrons. The summed E-state index contributed by atoms with van der Waals surface area (Å²) in [4.78, 5) is 40.3. The highest BCUT2D eigenvalue weighted by atomic mass is 32.1. The van der Waals surface area contributed by atoms with Crippen molar-refractivity contribution in [1.29, 1.82) is 0 Å². The molecule has 2 aromatic heterocycles. The zero-order chi connectivity index (χ0) is 24.4. The summed E-state index contributed by atoms with van der Waals surface area (Å²) in [7, 11) is 0. The van der Waals surface area contributed by atoms with Crippen LogP contribution in [0.15, 0.2) is 51.0 Å². The van der Waals surface area contributed by atoms with Crippen molar-refractivity contribution in [3.63, 3.8) is 0 Å². The highest BCUT2D eigenvalue weighted by molar-refractivity contribution is 7.14. The average molecular weight is 480 g/mol. The molecule has 2 aromatic carbocycles. The molecule has 9 heteroatoms. The molecule has 2 heterocycles. The van der Waals surface area contributed by atoms with Crippen LogP contribution in [0.2, 0.25) is 0 Å². The van der Waals surface area contributed by atoms with Crippen LogP contribution in [0.3, 0.4) is 0 Å². The second kappa shape index (κ2) is 9.56. The Hall–Kier alpha value is -3.85. The molecule has 2 amide bonds. The van der Waals surface area contributed by atoms with Crippen molar-refractivity contribution in [2.75, 3.05) is 10.6 Å². The van der Waals surface area contributed by atoms with Crippen LogP contribution < -0.4 is 16.3 Å². The molecule has 0 atom stereocenters. The van der Waals surface area contributed by atoms with E-state index in [2.05, 4.69) is 15.6 Å². The standard InChI is InChI=1S/C25H22FN3O4S/c1-13-4-6-17-14(2)18(24(32)33-22(17)10-13)8-9-23(31)29-25-28-21(12-34-25)19-7-5-16(11-20(19)26)27-15(3)30/h4-7,10-12H,8-9H2,1-3H3,(H,27,30)(H,28,29,31). The van der Waals surface area contributed by atoms with Crippen molar-refractivity contribution >= 4 is 44.9 Å². The molecule has 0 bridgehead atoms. The zero-order valence-corrected chi connectivity index (χ0v) is 19.6. The Bertz CT molecular complexity index is 1480. The maximum Gasteiger partial charge on any atom is 0.339 e. The maximum absolute atomic E-state index is 14.5. The Kier molecular flexibility index (Phi) is 6.56. The smallest absolute Gasteiger partial charge is 0.339 e. The highest BCUT2D eigenvalue weighted by Gasteiger charge is 2.15. The number of aryl methyl sites for hydroxylation is 2. The van der Waals surface area contributed by atoms with Gasteiger partial charge in [-0.3, -0.25) is 9.59 Å². The lowest BCUT2D eigenvalue weighted by Gasteiger charge is -2.08. The molecule has 0 spiro atoms. The van der Waals surface area contributed by atoms with Gasteiger partial charge in [-0.05, 0) is 55.7 Å². The molecule has 0 aliphatic rings. The van der Waals surface area contributed by atoms with Crippen LogP contribution in [0.4, 0.5) is 15.2 Å². The van der Waals surface area contributed by atoms with Crippen molar-refractivity contribution in [2.45, 2.75) is 33.6 Å². The largest absolute Gasteiger partial charge is 0.423 e. The van der Waals surface area contributed by atoms with Crippen molar-refractivity contribution in [2.24, 2.45) is 0 Å². The number of nitrogens with zero attached hydrogens (tertiary/aromatic N) is 1. The van der Waals surface area contributed by atoms with Crippen LogP contribution in [0.1, 0.15) is 30.0 Å². The van der Waals surface area contributed by atoms with Crippen LogP contribution in [0.25, 0.3) is 22.2 Å². The molecule has 4 rings (SSSR count). The third-order valence-electron chi connectivity index (χ3n) is 5.36. The van der Waals surface area contributed by atoms with Crippen LogP contribution in [0.5, 0.6) is 0 Å². The van der Waals surface area contributed by atoms with E-state index < -0.39 is 11.4 Å². The first-order chi connectivity index (χ1) is 16.2. The van der Waals surface area contributed by atoms with Gasteiger partial charge in [0.15, 0.2) is 5.13 Å². The molecule has 0 unspecified atom stereocenters. The normalized spacial score (nSPS) is 10.9. The van der Waals surface area contributed by atoms with Gasteiger partial charge in [-0.1, -0.05) is 12.1 Å². The first-order valence-electron chi connectivity index (χ1n) is 10.6. The fourth-order valence-electron chi connectivity index (χ4n) is 3.67. The number of amides is 2. The van der Waals surface area contributed by atoms with Gasteiger partial charge in [0.1, 0.15) is 11.4 Å². The lowest BCUT2D eigenvalue weighted by molar-refractivity contribution is -0.116. The Morgan fingerprint density at radius 1 is 1.12 bits per heavy atom. The maximum atomic E-state index is 14.5. The summed E-state index contributed by atoms with van der Waals surface area (Å²) in [6.45, 7) is 5.11.